The van der Waals surface area contributed by atoms with E-state index in [1.807, 2.05) is 6.07 Å². The normalized spacial score (nSPS) is 21.3. The molecule has 5 rings (SSSR count). The molecule has 2 aliphatic heterocycles. The second kappa shape index (κ2) is 8.75. The number of hydrogen-bond donors (Lipinski definition) is 2. The molecular formula is C22H22N4O6. The number of nitrogens with zero attached hydrogens (tertiary/aromatic N) is 4. The van der Waals surface area contributed by atoms with Crippen LogP contribution in [0.25, 0.3) is 5.65 Å². The number of hydrogen-bond acceptors (Lipinski definition) is 6. The van der Waals surface area contributed by atoms with Crippen molar-refractivity contribution in [3.8, 4) is 0 Å². The lowest BCUT2D eigenvalue weighted by Crippen LogP contribution is -2.52. The summed E-state index contributed by atoms with van der Waals surface area (Å²) in [6, 6.07) is 9.93. The molecule has 2 bridgehead atoms. The second-order valence-electron chi connectivity index (χ2n) is 7.82. The van der Waals surface area contributed by atoms with Crippen LogP contribution in [0.4, 0.5) is 0 Å². The molecule has 3 aromatic heterocycles. The molecule has 10 heteroatoms. The first-order valence-corrected chi connectivity index (χ1v) is 10.2. The number of aliphatic hydroxyl groups excluding tert-OH is 1. The number of carboxylic acid groups (broad SMARTS) is 1. The number of carbonyl (C=O) groups excluding carboxylic acids is 1. The first kappa shape index (κ1) is 21.4. The maximum Gasteiger partial charge on any atom is 0.290 e. The fourth-order valence-electron chi connectivity index (χ4n) is 4.79. The number of fused-ring (bicyclic) bond motifs is 5. The first-order valence-electron chi connectivity index (χ1n) is 10.2. The Bertz CT molecular complexity index is 1280. The number of aromatic nitrogens is 3. The van der Waals surface area contributed by atoms with Crippen molar-refractivity contribution in [2.75, 3.05) is 19.7 Å². The van der Waals surface area contributed by atoms with Crippen molar-refractivity contribution in [2.45, 2.75) is 18.4 Å². The van der Waals surface area contributed by atoms with Crippen molar-refractivity contribution in [3.63, 3.8) is 0 Å². The Kier molecular flexibility index (Phi) is 5.87. The summed E-state index contributed by atoms with van der Waals surface area (Å²) in [7, 11) is 0. The van der Waals surface area contributed by atoms with Crippen molar-refractivity contribution in [1.82, 2.24) is 18.9 Å². The second-order valence-corrected chi connectivity index (χ2v) is 7.82. The van der Waals surface area contributed by atoms with Crippen LogP contribution < -0.4 is 11.1 Å². The molecule has 10 nitrogen and oxygen atoms in total. The summed E-state index contributed by atoms with van der Waals surface area (Å²) >= 11 is 0. The average molecular weight is 438 g/mol. The molecule has 2 N–H and O–H groups in total. The average Bonchev–Trinajstić information content (AvgIpc) is 2.80. The van der Waals surface area contributed by atoms with Gasteiger partial charge in [0.15, 0.2) is 0 Å². The Morgan fingerprint density at radius 1 is 1.16 bits per heavy atom. The van der Waals surface area contributed by atoms with Gasteiger partial charge in [0.25, 0.3) is 23.5 Å². The molecule has 0 radical (unpaired) electrons. The molecule has 166 valence electrons. The predicted molar refractivity (Wildman–Crippen MR) is 114 cm³/mol. The highest BCUT2D eigenvalue weighted by Gasteiger charge is 2.42. The number of piperidine rings is 1. The van der Waals surface area contributed by atoms with E-state index >= 15 is 0 Å². The topological polar surface area (TPSA) is 134 Å². The Balaban J connectivity index is 0.000000775. The van der Waals surface area contributed by atoms with Gasteiger partial charge in [-0.3, -0.25) is 23.6 Å². The van der Waals surface area contributed by atoms with Crippen molar-refractivity contribution in [2.24, 2.45) is 5.92 Å². The number of aliphatic hydroxyl groups is 1. The molecule has 0 saturated carbocycles. The maximum atomic E-state index is 13.2. The Labute approximate surface area is 182 Å². The molecule has 3 aromatic rings. The first-order chi connectivity index (χ1) is 15.5. The zero-order chi connectivity index (χ0) is 22.8. The molecule has 1 fully saturated rings. The largest absolute Gasteiger partial charge is 0.483 e. The van der Waals surface area contributed by atoms with Crippen LogP contribution in [0.15, 0.2) is 58.4 Å². The van der Waals surface area contributed by atoms with E-state index in [0.29, 0.717) is 18.7 Å². The van der Waals surface area contributed by atoms with E-state index < -0.39 is 5.56 Å². The van der Waals surface area contributed by atoms with Gasteiger partial charge >= 0.3 is 0 Å². The van der Waals surface area contributed by atoms with Crippen LogP contribution in [-0.2, 0) is 4.79 Å². The maximum absolute atomic E-state index is 13.2. The van der Waals surface area contributed by atoms with Gasteiger partial charge in [0.1, 0.15) is 11.2 Å². The van der Waals surface area contributed by atoms with E-state index in [2.05, 4.69) is 4.98 Å². The molecular weight excluding hydrogens is 416 g/mol. The Morgan fingerprint density at radius 2 is 1.94 bits per heavy atom. The van der Waals surface area contributed by atoms with Crippen molar-refractivity contribution < 1.29 is 19.8 Å². The van der Waals surface area contributed by atoms with Crippen LogP contribution in [-0.4, -0.2) is 61.1 Å². The zero-order valence-corrected chi connectivity index (χ0v) is 17.1. The van der Waals surface area contributed by atoms with E-state index in [1.165, 1.54) is 16.7 Å². The third kappa shape index (κ3) is 3.58. The highest BCUT2D eigenvalue weighted by Crippen LogP contribution is 2.41. The monoisotopic (exact) mass is 438 g/mol. The summed E-state index contributed by atoms with van der Waals surface area (Å²) in [5.74, 6) is -0.420. The lowest BCUT2D eigenvalue weighted by molar-refractivity contribution is -0.122. The fraction of sp³-hybridized carbons (Fsp3) is 0.318. The Hall–Kier alpha value is -3.79. The van der Waals surface area contributed by atoms with Crippen LogP contribution in [0.2, 0.25) is 0 Å². The number of carbonyl (C=O) groups is 2. The van der Waals surface area contributed by atoms with Crippen LogP contribution in [0.3, 0.4) is 0 Å². The SMILES string of the molecule is O=C(c1cnc2ccccn2c1=O)N1C[C@H]2C[C@@H](C1)[C@H](CO)n1c2cccc1=O.O=CO. The summed E-state index contributed by atoms with van der Waals surface area (Å²) < 4.78 is 3.04. The highest BCUT2D eigenvalue weighted by atomic mass is 16.3. The molecule has 0 unspecified atom stereocenters. The van der Waals surface area contributed by atoms with E-state index in [9.17, 15) is 19.5 Å². The van der Waals surface area contributed by atoms with Crippen LogP contribution in [0.5, 0.6) is 0 Å². The summed E-state index contributed by atoms with van der Waals surface area (Å²) in [6.45, 7) is 0.392. The van der Waals surface area contributed by atoms with Gasteiger partial charge in [-0.1, -0.05) is 12.1 Å². The lowest BCUT2D eigenvalue weighted by Gasteiger charge is -2.46. The zero-order valence-electron chi connectivity index (χ0n) is 17.1. The molecule has 32 heavy (non-hydrogen) atoms. The van der Waals surface area contributed by atoms with E-state index in [4.69, 9.17) is 9.90 Å². The van der Waals surface area contributed by atoms with Gasteiger partial charge in [-0.15, -0.1) is 0 Å². The van der Waals surface area contributed by atoms with Crippen LogP contribution in [0.1, 0.15) is 34.4 Å². The number of amides is 1. The van der Waals surface area contributed by atoms with Gasteiger partial charge in [-0.2, -0.15) is 0 Å². The molecule has 1 saturated heterocycles. The highest BCUT2D eigenvalue weighted by molar-refractivity contribution is 5.94. The van der Waals surface area contributed by atoms with Gasteiger partial charge in [-0.25, -0.2) is 4.98 Å². The summed E-state index contributed by atoms with van der Waals surface area (Å²) in [5.41, 5.74) is 0.816. The van der Waals surface area contributed by atoms with Gasteiger partial charge in [0.2, 0.25) is 0 Å². The van der Waals surface area contributed by atoms with Crippen molar-refractivity contribution in [3.05, 3.63) is 80.8 Å². The van der Waals surface area contributed by atoms with Gasteiger partial charge in [0, 0.05) is 49.1 Å². The van der Waals surface area contributed by atoms with Crippen molar-refractivity contribution in [1.29, 1.82) is 0 Å². The summed E-state index contributed by atoms with van der Waals surface area (Å²) in [4.78, 5) is 52.7. The summed E-state index contributed by atoms with van der Waals surface area (Å²) in [5, 5.41) is 16.8. The minimum atomic E-state index is -0.397. The van der Waals surface area contributed by atoms with E-state index in [-0.39, 0.29) is 48.0 Å². The molecule has 0 aromatic carbocycles. The molecule has 1 amide bonds. The van der Waals surface area contributed by atoms with Gasteiger partial charge in [0.05, 0.1) is 12.6 Å². The lowest BCUT2D eigenvalue weighted by atomic mass is 9.78. The minimum Gasteiger partial charge on any atom is -0.483 e. The number of rotatable bonds is 2. The summed E-state index contributed by atoms with van der Waals surface area (Å²) in [6.07, 6.45) is 3.73. The number of likely N-dealkylation sites (tertiary alicyclic amines) is 1. The Morgan fingerprint density at radius 3 is 2.69 bits per heavy atom. The molecule has 0 spiro atoms. The molecule has 0 aliphatic carbocycles. The third-order valence-corrected chi connectivity index (χ3v) is 6.12. The van der Waals surface area contributed by atoms with Gasteiger partial charge < -0.3 is 19.7 Å². The van der Waals surface area contributed by atoms with Crippen molar-refractivity contribution >= 4 is 18.0 Å². The van der Waals surface area contributed by atoms with Crippen LogP contribution in [0, 0.1) is 5.92 Å². The minimum absolute atomic E-state index is 0.00873. The van der Waals surface area contributed by atoms with E-state index in [0.717, 1.165) is 12.1 Å². The molecule has 5 heterocycles. The number of pyridine rings is 2. The van der Waals surface area contributed by atoms with Crippen LogP contribution >= 0.6 is 0 Å². The quantitative estimate of drug-likeness (QED) is 0.552. The van der Waals surface area contributed by atoms with E-state index in [1.54, 1.807) is 39.9 Å². The smallest absolute Gasteiger partial charge is 0.290 e. The standard InChI is InChI=1S/C21H20N4O4.CH2O2/c26-12-17-14-8-13(16-4-3-6-19(27)25(16)17)10-23(11-14)20(28)15-9-22-18-5-1-2-7-24(18)21(15)29;2-1-3/h1-7,9,13-14,17,26H,8,10-12H2;1H,(H,2,3)/t13-,14+,17+;/m1./s1. The third-order valence-electron chi connectivity index (χ3n) is 6.12. The fourth-order valence-corrected chi connectivity index (χ4v) is 4.79. The molecule has 2 aliphatic rings. The molecule has 3 atom stereocenters. The predicted octanol–water partition coefficient (Wildman–Crippen LogP) is 0.350. The van der Waals surface area contributed by atoms with Gasteiger partial charge in [-0.05, 0) is 24.6 Å².